The lowest BCUT2D eigenvalue weighted by Gasteiger charge is -2.05. The van der Waals surface area contributed by atoms with Gasteiger partial charge in [0.1, 0.15) is 11.6 Å². The summed E-state index contributed by atoms with van der Waals surface area (Å²) in [6.07, 6.45) is 0.655. The number of halogens is 1. The Kier molecular flexibility index (Phi) is 4.74. The molecule has 2 rings (SSSR count). The van der Waals surface area contributed by atoms with Crippen LogP contribution in [-0.4, -0.2) is 17.1 Å². The van der Waals surface area contributed by atoms with Crippen LogP contribution < -0.4 is 10.5 Å². The van der Waals surface area contributed by atoms with E-state index in [1.165, 1.54) is 12.1 Å². The van der Waals surface area contributed by atoms with Crippen LogP contribution in [-0.2, 0) is 17.2 Å². The van der Waals surface area contributed by atoms with Gasteiger partial charge >= 0.3 is 0 Å². The van der Waals surface area contributed by atoms with Gasteiger partial charge < -0.3 is 10.5 Å². The quantitative estimate of drug-likeness (QED) is 0.862. The number of nitrogens with two attached hydrogens (primary N) is 1. The molecule has 0 saturated heterocycles. The van der Waals surface area contributed by atoms with Gasteiger partial charge in [-0.2, -0.15) is 0 Å². The molecular formula is C15H16FNO2S. The van der Waals surface area contributed by atoms with Crippen LogP contribution in [0.5, 0.6) is 5.75 Å². The first-order chi connectivity index (χ1) is 9.60. The van der Waals surface area contributed by atoms with Crippen molar-refractivity contribution < 1.29 is 13.3 Å². The zero-order valence-electron chi connectivity index (χ0n) is 11.1. The minimum atomic E-state index is -1.24. The third kappa shape index (κ3) is 3.57. The molecule has 0 radical (unpaired) electrons. The van der Waals surface area contributed by atoms with Crippen LogP contribution in [0, 0.1) is 5.82 Å². The molecule has 1 unspecified atom stereocenters. The van der Waals surface area contributed by atoms with Crippen molar-refractivity contribution in [3.63, 3.8) is 0 Å². The number of hydrogen-bond acceptors (Lipinski definition) is 3. The smallest absolute Gasteiger partial charge is 0.147 e. The zero-order valence-corrected chi connectivity index (χ0v) is 12.0. The number of rotatable bonds is 5. The van der Waals surface area contributed by atoms with E-state index in [9.17, 15) is 8.60 Å². The van der Waals surface area contributed by atoms with Crippen LogP contribution in [0.2, 0.25) is 0 Å². The summed E-state index contributed by atoms with van der Waals surface area (Å²) < 4.78 is 30.5. The molecule has 0 heterocycles. The van der Waals surface area contributed by atoms with E-state index in [0.717, 1.165) is 11.3 Å². The number of aryl methyl sites for hydroxylation is 1. The summed E-state index contributed by atoms with van der Waals surface area (Å²) in [7, 11) is 0.374. The molecule has 0 aromatic heterocycles. The maximum absolute atomic E-state index is 13.3. The fourth-order valence-electron chi connectivity index (χ4n) is 1.77. The predicted molar refractivity (Wildman–Crippen MR) is 78.8 cm³/mol. The van der Waals surface area contributed by atoms with Crippen molar-refractivity contribution in [2.24, 2.45) is 0 Å². The molecule has 2 aromatic carbocycles. The van der Waals surface area contributed by atoms with Crippen molar-refractivity contribution in [2.75, 3.05) is 18.6 Å². The average Bonchev–Trinajstić information content (AvgIpc) is 2.48. The van der Waals surface area contributed by atoms with Gasteiger partial charge in [-0.3, -0.25) is 4.21 Å². The van der Waals surface area contributed by atoms with Crippen molar-refractivity contribution in [1.82, 2.24) is 0 Å². The largest absolute Gasteiger partial charge is 0.497 e. The molecule has 106 valence electrons. The molecule has 5 heteroatoms. The number of methoxy groups -OCH3 is 1. The van der Waals surface area contributed by atoms with E-state index in [0.29, 0.717) is 17.1 Å². The SMILES string of the molecule is COc1ccc(CCS(=O)c2ccc(N)c(F)c2)cc1. The fourth-order valence-corrected chi connectivity index (χ4v) is 2.88. The number of nitrogen functional groups attached to an aromatic ring is 1. The topological polar surface area (TPSA) is 52.3 Å². The Hall–Kier alpha value is -1.88. The zero-order chi connectivity index (χ0) is 14.5. The van der Waals surface area contributed by atoms with Gasteiger partial charge in [0.15, 0.2) is 0 Å². The molecule has 20 heavy (non-hydrogen) atoms. The van der Waals surface area contributed by atoms with Gasteiger partial charge in [-0.1, -0.05) is 12.1 Å². The van der Waals surface area contributed by atoms with E-state index in [1.807, 2.05) is 24.3 Å². The maximum Gasteiger partial charge on any atom is 0.147 e. The van der Waals surface area contributed by atoms with Crippen molar-refractivity contribution in [2.45, 2.75) is 11.3 Å². The Morgan fingerprint density at radius 1 is 1.20 bits per heavy atom. The van der Waals surface area contributed by atoms with Crippen LogP contribution in [0.15, 0.2) is 47.4 Å². The number of hydrogen-bond donors (Lipinski definition) is 1. The van der Waals surface area contributed by atoms with Gasteiger partial charge in [0.2, 0.25) is 0 Å². The van der Waals surface area contributed by atoms with E-state index in [4.69, 9.17) is 10.5 Å². The Morgan fingerprint density at radius 2 is 1.90 bits per heavy atom. The maximum atomic E-state index is 13.3. The second-order valence-corrected chi connectivity index (χ2v) is 5.90. The summed E-state index contributed by atoms with van der Waals surface area (Å²) in [6.45, 7) is 0. The summed E-state index contributed by atoms with van der Waals surface area (Å²) in [5.41, 5.74) is 6.53. The minimum Gasteiger partial charge on any atom is -0.497 e. The second kappa shape index (κ2) is 6.52. The number of anilines is 1. The third-order valence-corrected chi connectivity index (χ3v) is 4.32. The van der Waals surface area contributed by atoms with Crippen molar-refractivity contribution in [3.05, 3.63) is 53.8 Å². The average molecular weight is 293 g/mol. The Morgan fingerprint density at radius 3 is 2.50 bits per heavy atom. The van der Waals surface area contributed by atoms with Gasteiger partial charge in [-0.05, 0) is 42.3 Å². The summed E-state index contributed by atoms with van der Waals surface area (Å²) >= 11 is 0. The first kappa shape index (κ1) is 14.5. The molecule has 0 bridgehead atoms. The van der Waals surface area contributed by atoms with Crippen molar-refractivity contribution in [1.29, 1.82) is 0 Å². The van der Waals surface area contributed by atoms with Crippen LogP contribution in [0.4, 0.5) is 10.1 Å². The Bertz CT molecular complexity index is 614. The molecule has 2 N–H and O–H groups in total. The lowest BCUT2D eigenvalue weighted by Crippen LogP contribution is -2.03. The first-order valence-corrected chi connectivity index (χ1v) is 7.48. The van der Waals surface area contributed by atoms with E-state index >= 15 is 0 Å². The van der Waals surface area contributed by atoms with E-state index in [2.05, 4.69) is 0 Å². The van der Waals surface area contributed by atoms with E-state index < -0.39 is 16.6 Å². The van der Waals surface area contributed by atoms with Gasteiger partial charge in [0.05, 0.1) is 23.6 Å². The molecule has 1 atom stereocenters. The van der Waals surface area contributed by atoms with Crippen LogP contribution in [0.1, 0.15) is 5.56 Å². The molecule has 0 saturated carbocycles. The lowest BCUT2D eigenvalue weighted by atomic mass is 10.2. The van der Waals surface area contributed by atoms with Crippen LogP contribution >= 0.6 is 0 Å². The summed E-state index contributed by atoms with van der Waals surface area (Å²) in [5, 5.41) is 0. The van der Waals surface area contributed by atoms with Gasteiger partial charge in [0.25, 0.3) is 0 Å². The van der Waals surface area contributed by atoms with E-state index in [1.54, 1.807) is 13.2 Å². The van der Waals surface area contributed by atoms with Crippen molar-refractivity contribution >= 4 is 16.5 Å². The number of benzene rings is 2. The standard InChI is InChI=1S/C15H16FNO2S/c1-19-12-4-2-11(3-5-12)8-9-20(18)13-6-7-15(17)14(16)10-13/h2-7,10H,8-9,17H2,1H3. The molecule has 0 aliphatic rings. The minimum absolute atomic E-state index is 0.0703. The van der Waals surface area contributed by atoms with Gasteiger partial charge in [-0.15, -0.1) is 0 Å². The molecule has 0 aliphatic carbocycles. The van der Waals surface area contributed by atoms with Crippen molar-refractivity contribution in [3.8, 4) is 5.75 Å². The third-order valence-electron chi connectivity index (χ3n) is 2.97. The Labute approximate surface area is 120 Å². The highest BCUT2D eigenvalue weighted by Crippen LogP contribution is 2.17. The molecule has 0 aliphatic heterocycles. The number of ether oxygens (including phenoxy) is 1. The summed E-state index contributed by atoms with van der Waals surface area (Å²) in [5.74, 6) is 0.700. The molecule has 2 aromatic rings. The monoisotopic (exact) mass is 293 g/mol. The van der Waals surface area contributed by atoms with Crippen LogP contribution in [0.3, 0.4) is 0 Å². The molecule has 3 nitrogen and oxygen atoms in total. The highest BCUT2D eigenvalue weighted by atomic mass is 32.2. The highest BCUT2D eigenvalue weighted by molar-refractivity contribution is 7.85. The molecule has 0 spiro atoms. The highest BCUT2D eigenvalue weighted by Gasteiger charge is 2.07. The van der Waals surface area contributed by atoms with Gasteiger partial charge in [-0.25, -0.2) is 4.39 Å². The van der Waals surface area contributed by atoms with Crippen LogP contribution in [0.25, 0.3) is 0 Å². The second-order valence-electron chi connectivity index (χ2n) is 4.33. The van der Waals surface area contributed by atoms with Gasteiger partial charge in [0, 0.05) is 10.6 Å². The fraction of sp³-hybridized carbons (Fsp3) is 0.200. The molecule has 0 fully saturated rings. The predicted octanol–water partition coefficient (Wildman–Crippen LogP) is 2.77. The molecular weight excluding hydrogens is 277 g/mol. The first-order valence-electron chi connectivity index (χ1n) is 6.16. The molecule has 0 amide bonds. The van der Waals surface area contributed by atoms with E-state index in [-0.39, 0.29) is 5.69 Å². The normalized spacial score (nSPS) is 12.1. The summed E-state index contributed by atoms with van der Waals surface area (Å²) in [4.78, 5) is 0.463. The lowest BCUT2D eigenvalue weighted by molar-refractivity contribution is 0.414. The Balaban J connectivity index is 1.98. The summed E-state index contributed by atoms with van der Waals surface area (Å²) in [6, 6.07) is 11.9.